The van der Waals surface area contributed by atoms with Crippen LogP contribution in [0.4, 0.5) is 24.7 Å². The Kier molecular flexibility index (Phi) is 3.42. The maximum absolute atomic E-state index is 13.1. The van der Waals surface area contributed by atoms with Crippen molar-refractivity contribution in [3.05, 3.63) is 65.9 Å². The summed E-state index contributed by atoms with van der Waals surface area (Å²) < 4.78 is 39.3. The summed E-state index contributed by atoms with van der Waals surface area (Å²) in [6.07, 6.45) is -2.54. The average molecular weight is 341 g/mol. The van der Waals surface area contributed by atoms with Gasteiger partial charge in [0.2, 0.25) is 0 Å². The molecule has 0 aliphatic rings. The highest BCUT2D eigenvalue weighted by Gasteiger charge is 2.32. The van der Waals surface area contributed by atoms with Gasteiger partial charge in [-0.25, -0.2) is 4.98 Å². The van der Waals surface area contributed by atoms with Crippen LogP contribution < -0.4 is 5.32 Å². The molecule has 2 heterocycles. The van der Waals surface area contributed by atoms with Gasteiger partial charge in [-0.05, 0) is 60.3 Å². The minimum atomic E-state index is -4.39. The maximum atomic E-state index is 13.1. The lowest BCUT2D eigenvalue weighted by Crippen LogP contribution is -2.07. The van der Waals surface area contributed by atoms with E-state index in [1.807, 2.05) is 30.5 Å². The van der Waals surface area contributed by atoms with Crippen LogP contribution in [-0.2, 0) is 6.18 Å². The fraction of sp³-hybridized carbons (Fsp3) is 0.105. The molecule has 0 atom stereocenters. The topological polar surface area (TPSA) is 40.7 Å². The summed E-state index contributed by atoms with van der Waals surface area (Å²) in [6.45, 7) is 1.46. The Morgan fingerprint density at radius 3 is 2.56 bits per heavy atom. The van der Waals surface area contributed by atoms with Gasteiger partial charge in [0, 0.05) is 22.8 Å². The number of nitrogens with one attached hydrogen (secondary N) is 2. The number of hydrogen-bond donors (Lipinski definition) is 2. The van der Waals surface area contributed by atoms with Crippen LogP contribution in [0.5, 0.6) is 0 Å². The first-order valence-corrected chi connectivity index (χ1v) is 7.73. The predicted octanol–water partition coefficient (Wildman–Crippen LogP) is 5.79. The van der Waals surface area contributed by atoms with Crippen LogP contribution in [0, 0.1) is 6.92 Å². The van der Waals surface area contributed by atoms with Gasteiger partial charge in [0.25, 0.3) is 0 Å². The van der Waals surface area contributed by atoms with Crippen LogP contribution in [0.15, 0.2) is 54.7 Å². The van der Waals surface area contributed by atoms with E-state index in [4.69, 9.17) is 0 Å². The predicted molar refractivity (Wildman–Crippen MR) is 93.1 cm³/mol. The Balaban J connectivity index is 1.73. The van der Waals surface area contributed by atoms with E-state index in [1.54, 1.807) is 12.1 Å². The van der Waals surface area contributed by atoms with Crippen LogP contribution in [0.1, 0.15) is 11.1 Å². The summed E-state index contributed by atoms with van der Waals surface area (Å²) in [5, 5.41) is 4.90. The highest BCUT2D eigenvalue weighted by molar-refractivity contribution is 5.85. The molecule has 25 heavy (non-hydrogen) atoms. The Hall–Kier alpha value is -3.02. The van der Waals surface area contributed by atoms with Crippen LogP contribution >= 0.6 is 0 Å². The van der Waals surface area contributed by atoms with E-state index in [9.17, 15) is 13.2 Å². The molecule has 0 aliphatic heterocycles. The minimum absolute atomic E-state index is 0.194. The van der Waals surface area contributed by atoms with E-state index >= 15 is 0 Å². The molecule has 0 amide bonds. The van der Waals surface area contributed by atoms with E-state index in [2.05, 4.69) is 15.3 Å². The van der Waals surface area contributed by atoms with E-state index < -0.39 is 11.7 Å². The normalized spacial score (nSPS) is 12.0. The summed E-state index contributed by atoms with van der Waals surface area (Å²) in [4.78, 5) is 7.45. The van der Waals surface area contributed by atoms with Crippen molar-refractivity contribution in [2.24, 2.45) is 0 Å². The molecule has 4 aromatic rings. The van der Waals surface area contributed by atoms with Gasteiger partial charge in [-0.1, -0.05) is 6.07 Å². The zero-order chi connectivity index (χ0) is 17.6. The largest absolute Gasteiger partial charge is 0.416 e. The van der Waals surface area contributed by atoms with Gasteiger partial charge in [-0.3, -0.25) is 0 Å². The number of pyridine rings is 1. The van der Waals surface area contributed by atoms with Crippen LogP contribution in [-0.4, -0.2) is 9.97 Å². The van der Waals surface area contributed by atoms with Gasteiger partial charge in [-0.15, -0.1) is 0 Å². The van der Waals surface area contributed by atoms with Crippen LogP contribution in [0.3, 0.4) is 0 Å². The zero-order valence-electron chi connectivity index (χ0n) is 13.3. The summed E-state index contributed by atoms with van der Waals surface area (Å²) >= 11 is 0. The number of fused-ring (bicyclic) bond motifs is 2. The lowest BCUT2D eigenvalue weighted by Gasteiger charge is -2.12. The van der Waals surface area contributed by atoms with Gasteiger partial charge >= 0.3 is 6.18 Å². The van der Waals surface area contributed by atoms with Crippen molar-refractivity contribution in [2.75, 3.05) is 5.32 Å². The second-order valence-corrected chi connectivity index (χ2v) is 5.96. The molecule has 0 saturated carbocycles. The van der Waals surface area contributed by atoms with Gasteiger partial charge in [0.15, 0.2) is 0 Å². The monoisotopic (exact) mass is 341 g/mol. The highest BCUT2D eigenvalue weighted by atomic mass is 19.4. The summed E-state index contributed by atoms with van der Waals surface area (Å²) in [5.41, 5.74) is 1.63. The van der Waals surface area contributed by atoms with Crippen molar-refractivity contribution in [3.8, 4) is 0 Å². The van der Waals surface area contributed by atoms with Crippen LogP contribution in [0.25, 0.3) is 21.8 Å². The molecule has 0 radical (unpaired) electrons. The van der Waals surface area contributed by atoms with E-state index in [0.29, 0.717) is 16.7 Å². The number of nitrogens with zero attached hydrogens (tertiary/aromatic N) is 1. The molecule has 6 heteroatoms. The van der Waals surface area contributed by atoms with E-state index in [0.717, 1.165) is 22.7 Å². The molecule has 0 saturated heterocycles. The standard InChI is InChI=1S/C19H14F3N3/c1-11-8-13-3-5-18(25-17(13)10-15(11)19(20,21)22)24-14-4-2-12-6-7-23-16(12)9-14/h2-10,23H,1H3,(H,24,25). The average Bonchev–Trinajstić information content (AvgIpc) is 3.01. The van der Waals surface area contributed by atoms with Gasteiger partial charge in [0.1, 0.15) is 5.82 Å². The second-order valence-electron chi connectivity index (χ2n) is 5.96. The molecule has 4 rings (SSSR count). The van der Waals surface area contributed by atoms with Gasteiger partial charge in [0.05, 0.1) is 11.1 Å². The van der Waals surface area contributed by atoms with Crippen LogP contribution in [0.2, 0.25) is 0 Å². The first-order valence-electron chi connectivity index (χ1n) is 7.73. The lowest BCUT2D eigenvalue weighted by atomic mass is 10.0. The molecule has 0 spiro atoms. The maximum Gasteiger partial charge on any atom is 0.416 e. The Morgan fingerprint density at radius 2 is 1.76 bits per heavy atom. The Bertz CT molecular complexity index is 1080. The molecule has 2 N–H and O–H groups in total. The van der Waals surface area contributed by atoms with Crippen molar-refractivity contribution < 1.29 is 13.2 Å². The summed E-state index contributed by atoms with van der Waals surface area (Å²) in [5.74, 6) is 0.496. The number of aromatic nitrogens is 2. The van der Waals surface area contributed by atoms with E-state index in [1.165, 1.54) is 13.0 Å². The SMILES string of the molecule is Cc1cc2ccc(Nc3ccc4cc[nH]c4c3)nc2cc1C(F)(F)F. The van der Waals surface area contributed by atoms with Crippen molar-refractivity contribution in [2.45, 2.75) is 13.1 Å². The minimum Gasteiger partial charge on any atom is -0.361 e. The molecule has 3 nitrogen and oxygen atoms in total. The number of hydrogen-bond acceptors (Lipinski definition) is 2. The molecular formula is C19H14F3N3. The summed E-state index contributed by atoms with van der Waals surface area (Å²) in [7, 11) is 0. The fourth-order valence-corrected chi connectivity index (χ4v) is 2.93. The molecule has 2 aromatic carbocycles. The molecule has 126 valence electrons. The van der Waals surface area contributed by atoms with E-state index in [-0.39, 0.29) is 5.56 Å². The Labute approximate surface area is 141 Å². The van der Waals surface area contributed by atoms with Crippen molar-refractivity contribution >= 4 is 33.3 Å². The quantitative estimate of drug-likeness (QED) is 0.485. The third-order valence-corrected chi connectivity index (χ3v) is 4.17. The smallest absolute Gasteiger partial charge is 0.361 e. The molecule has 0 aliphatic carbocycles. The Morgan fingerprint density at radius 1 is 0.960 bits per heavy atom. The number of alkyl halides is 3. The third-order valence-electron chi connectivity index (χ3n) is 4.17. The number of aryl methyl sites for hydroxylation is 1. The zero-order valence-corrected chi connectivity index (χ0v) is 13.3. The number of benzene rings is 2. The number of halogens is 3. The lowest BCUT2D eigenvalue weighted by molar-refractivity contribution is -0.137. The van der Waals surface area contributed by atoms with Crippen molar-refractivity contribution in [1.29, 1.82) is 0 Å². The molecule has 0 bridgehead atoms. The molecule has 2 aromatic heterocycles. The highest BCUT2D eigenvalue weighted by Crippen LogP contribution is 2.34. The van der Waals surface area contributed by atoms with Crippen molar-refractivity contribution in [3.63, 3.8) is 0 Å². The van der Waals surface area contributed by atoms with Gasteiger partial charge in [-0.2, -0.15) is 13.2 Å². The first-order chi connectivity index (χ1) is 11.9. The number of anilines is 2. The molecule has 0 fully saturated rings. The number of H-pyrrole nitrogens is 1. The third kappa shape index (κ3) is 2.91. The fourth-order valence-electron chi connectivity index (χ4n) is 2.93. The van der Waals surface area contributed by atoms with Crippen molar-refractivity contribution in [1.82, 2.24) is 9.97 Å². The molecule has 0 unspecified atom stereocenters. The number of aromatic amines is 1. The first kappa shape index (κ1) is 15.5. The van der Waals surface area contributed by atoms with Gasteiger partial charge < -0.3 is 10.3 Å². The number of rotatable bonds is 2. The molecular weight excluding hydrogens is 327 g/mol. The summed E-state index contributed by atoms with van der Waals surface area (Å²) in [6, 6.07) is 13.9. The second kappa shape index (κ2) is 5.51.